The molecule has 4 aromatic rings. The van der Waals surface area contributed by atoms with E-state index in [1.54, 1.807) is 30.3 Å². The van der Waals surface area contributed by atoms with Crippen molar-refractivity contribution in [2.45, 2.75) is 45.2 Å². The number of hydrogen-bond acceptors (Lipinski definition) is 5. The van der Waals surface area contributed by atoms with E-state index in [1.807, 2.05) is 29.2 Å². The highest BCUT2D eigenvalue weighted by molar-refractivity contribution is 6.35. The molecular formula is C35H32Cl2F3NO6. The zero-order chi connectivity index (χ0) is 34.0. The van der Waals surface area contributed by atoms with E-state index < -0.39 is 18.3 Å². The molecule has 0 saturated heterocycles. The Morgan fingerprint density at radius 1 is 0.766 bits per heavy atom. The Morgan fingerprint density at radius 3 is 2.04 bits per heavy atom. The second-order valence-electron chi connectivity index (χ2n) is 10.8. The van der Waals surface area contributed by atoms with E-state index in [2.05, 4.69) is 4.74 Å². The number of rotatable bonds is 16. The lowest BCUT2D eigenvalue weighted by Crippen LogP contribution is -2.27. The summed E-state index contributed by atoms with van der Waals surface area (Å²) in [7, 11) is 0. The van der Waals surface area contributed by atoms with Crippen LogP contribution in [0.25, 0.3) is 11.1 Å². The highest BCUT2D eigenvalue weighted by atomic mass is 35.5. The van der Waals surface area contributed by atoms with E-state index in [0.717, 1.165) is 22.3 Å². The molecule has 0 atom stereocenters. The van der Waals surface area contributed by atoms with Crippen LogP contribution in [0.2, 0.25) is 10.0 Å². The number of benzene rings is 4. The first-order valence-electron chi connectivity index (χ1n) is 14.7. The summed E-state index contributed by atoms with van der Waals surface area (Å²) < 4.78 is 49.4. The number of aromatic carboxylic acids is 1. The van der Waals surface area contributed by atoms with Crippen LogP contribution >= 0.6 is 23.2 Å². The summed E-state index contributed by atoms with van der Waals surface area (Å²) in [5.74, 6) is -1.92. The second-order valence-corrected chi connectivity index (χ2v) is 11.7. The fraction of sp³-hybridized carbons (Fsp3) is 0.257. The number of nitrogens with zero attached hydrogens (tertiary/aromatic N) is 1. The summed E-state index contributed by atoms with van der Waals surface area (Å²) in [6.07, 6.45) is -3.52. The molecule has 0 spiro atoms. The van der Waals surface area contributed by atoms with Gasteiger partial charge in [0.2, 0.25) is 0 Å². The highest BCUT2D eigenvalue weighted by Crippen LogP contribution is 2.31. The van der Waals surface area contributed by atoms with Crippen molar-refractivity contribution in [3.63, 3.8) is 0 Å². The van der Waals surface area contributed by atoms with E-state index in [4.69, 9.17) is 33.0 Å². The summed E-state index contributed by atoms with van der Waals surface area (Å²) in [4.78, 5) is 24.3. The Balaban J connectivity index is 1.50. The third kappa shape index (κ3) is 11.8. The fourth-order valence-electron chi connectivity index (χ4n) is 4.94. The molecule has 0 aliphatic heterocycles. The van der Waals surface area contributed by atoms with Gasteiger partial charge in [0.25, 0.3) is 0 Å². The standard InChI is InChI=1S/C35H32Cl2F3NO6/c36-29-17-28(18-30(37)20-29)25-8-6-24(7-9-25)22-46-32-13-12-31(47-35(38,39)40)19-27(32)14-16-41(15-2-1-3-33(42)43)21-23-4-10-26(11-5-23)34(44)45/h4-13,17-20H,1-3,14-16,21-22H2,(H,42,43)(H,44,45). The van der Waals surface area contributed by atoms with E-state index in [9.17, 15) is 27.9 Å². The number of carbonyl (C=O) groups is 2. The number of carboxylic acids is 2. The van der Waals surface area contributed by atoms with Crippen LogP contribution in [0, 0.1) is 0 Å². The van der Waals surface area contributed by atoms with Gasteiger partial charge in [0.15, 0.2) is 0 Å². The molecule has 0 fully saturated rings. The molecule has 2 N–H and O–H groups in total. The smallest absolute Gasteiger partial charge is 0.489 e. The lowest BCUT2D eigenvalue weighted by Gasteiger charge is -2.23. The van der Waals surface area contributed by atoms with Gasteiger partial charge in [-0.25, -0.2) is 4.79 Å². The van der Waals surface area contributed by atoms with Gasteiger partial charge < -0.3 is 19.7 Å². The SMILES string of the molecule is O=C(O)CCCCN(CCc1cc(OC(F)(F)F)ccc1OCc1ccc(-c2cc(Cl)cc(Cl)c2)cc1)Cc1ccc(C(=O)O)cc1. The third-order valence-corrected chi connectivity index (χ3v) is 7.67. The van der Waals surface area contributed by atoms with Crippen molar-refractivity contribution >= 4 is 35.1 Å². The van der Waals surface area contributed by atoms with Crippen LogP contribution in [0.5, 0.6) is 11.5 Å². The zero-order valence-electron chi connectivity index (χ0n) is 25.1. The van der Waals surface area contributed by atoms with Gasteiger partial charge in [0.1, 0.15) is 18.1 Å². The van der Waals surface area contributed by atoms with E-state index in [1.165, 1.54) is 30.3 Å². The van der Waals surface area contributed by atoms with Crippen molar-refractivity contribution in [1.29, 1.82) is 0 Å². The summed E-state index contributed by atoms with van der Waals surface area (Å²) in [5.41, 5.74) is 4.05. The molecule has 0 aliphatic rings. The van der Waals surface area contributed by atoms with Gasteiger partial charge in [-0.05, 0) is 102 Å². The van der Waals surface area contributed by atoms with Crippen molar-refractivity contribution in [2.75, 3.05) is 13.1 Å². The zero-order valence-corrected chi connectivity index (χ0v) is 26.6. The Hall–Kier alpha value is -4.25. The number of unbranched alkanes of at least 4 members (excludes halogenated alkanes) is 1. The van der Waals surface area contributed by atoms with Gasteiger partial charge in [0, 0.05) is 29.6 Å². The maximum atomic E-state index is 13.1. The molecule has 12 heteroatoms. The van der Waals surface area contributed by atoms with Crippen molar-refractivity contribution in [1.82, 2.24) is 4.90 Å². The van der Waals surface area contributed by atoms with E-state index in [0.29, 0.717) is 60.3 Å². The average molecular weight is 691 g/mol. The van der Waals surface area contributed by atoms with E-state index in [-0.39, 0.29) is 24.3 Å². The Kier molecular flexibility index (Phi) is 12.5. The minimum Gasteiger partial charge on any atom is -0.489 e. The molecule has 0 bridgehead atoms. The highest BCUT2D eigenvalue weighted by Gasteiger charge is 2.31. The normalized spacial score (nSPS) is 11.4. The van der Waals surface area contributed by atoms with Crippen molar-refractivity contribution < 1.29 is 42.4 Å². The molecule has 0 saturated carbocycles. The van der Waals surface area contributed by atoms with Crippen LogP contribution in [0.15, 0.2) is 84.9 Å². The first-order chi connectivity index (χ1) is 22.3. The predicted molar refractivity (Wildman–Crippen MR) is 173 cm³/mol. The Labute approximate surface area is 280 Å². The number of halogens is 5. The molecule has 0 aliphatic carbocycles. The van der Waals surface area contributed by atoms with E-state index >= 15 is 0 Å². The minimum atomic E-state index is -4.87. The molecule has 47 heavy (non-hydrogen) atoms. The molecule has 0 heterocycles. The maximum Gasteiger partial charge on any atom is 0.573 e. The number of carboxylic acid groups (broad SMARTS) is 2. The van der Waals surface area contributed by atoms with Crippen LogP contribution in [0.3, 0.4) is 0 Å². The van der Waals surface area contributed by atoms with Crippen molar-refractivity contribution in [3.05, 3.63) is 117 Å². The summed E-state index contributed by atoms with van der Waals surface area (Å²) in [6.45, 7) is 1.49. The lowest BCUT2D eigenvalue weighted by atomic mass is 10.0. The number of ether oxygens (including phenoxy) is 2. The second kappa shape index (κ2) is 16.5. The average Bonchev–Trinajstić information content (AvgIpc) is 3.00. The van der Waals surface area contributed by atoms with Crippen LogP contribution in [0.1, 0.15) is 46.3 Å². The fourth-order valence-corrected chi connectivity index (χ4v) is 5.46. The molecular weight excluding hydrogens is 658 g/mol. The van der Waals surface area contributed by atoms with Gasteiger partial charge >= 0.3 is 18.3 Å². The molecule has 0 aromatic heterocycles. The van der Waals surface area contributed by atoms with Crippen molar-refractivity contribution in [3.8, 4) is 22.6 Å². The molecule has 7 nitrogen and oxygen atoms in total. The molecule has 248 valence electrons. The van der Waals surface area contributed by atoms with Crippen molar-refractivity contribution in [2.24, 2.45) is 0 Å². The van der Waals surface area contributed by atoms with Crippen LogP contribution < -0.4 is 9.47 Å². The summed E-state index contributed by atoms with van der Waals surface area (Å²) in [6, 6.07) is 23.1. The largest absolute Gasteiger partial charge is 0.573 e. The van der Waals surface area contributed by atoms with Gasteiger partial charge in [-0.15, -0.1) is 13.2 Å². The molecule has 0 radical (unpaired) electrons. The van der Waals surface area contributed by atoms with Gasteiger partial charge in [-0.1, -0.05) is 59.6 Å². The van der Waals surface area contributed by atoms with Crippen LogP contribution in [0.4, 0.5) is 13.2 Å². The predicted octanol–water partition coefficient (Wildman–Crippen LogP) is 9.14. The molecule has 4 rings (SSSR count). The Morgan fingerprint density at radius 2 is 1.43 bits per heavy atom. The monoisotopic (exact) mass is 689 g/mol. The number of alkyl halides is 3. The summed E-state index contributed by atoms with van der Waals surface area (Å²) >= 11 is 12.3. The molecule has 0 unspecified atom stereocenters. The first-order valence-corrected chi connectivity index (χ1v) is 15.4. The quantitative estimate of drug-likeness (QED) is 0.113. The van der Waals surface area contributed by atoms with Gasteiger partial charge in [0.05, 0.1) is 5.56 Å². The molecule has 0 amide bonds. The number of hydrogen-bond donors (Lipinski definition) is 2. The van der Waals surface area contributed by atoms with Gasteiger partial charge in [-0.2, -0.15) is 0 Å². The van der Waals surface area contributed by atoms with Gasteiger partial charge in [-0.3, -0.25) is 9.69 Å². The van der Waals surface area contributed by atoms with Crippen LogP contribution in [-0.4, -0.2) is 46.5 Å². The molecule has 4 aromatic carbocycles. The third-order valence-electron chi connectivity index (χ3n) is 7.23. The van der Waals surface area contributed by atoms with Crippen LogP contribution in [-0.2, 0) is 24.4 Å². The first kappa shape index (κ1) is 35.6. The Bertz CT molecular complexity index is 1640. The summed E-state index contributed by atoms with van der Waals surface area (Å²) in [5, 5.41) is 19.3. The topological polar surface area (TPSA) is 96.3 Å². The number of aliphatic carboxylic acids is 1. The minimum absolute atomic E-state index is 0.0176. The lowest BCUT2D eigenvalue weighted by molar-refractivity contribution is -0.274. The maximum absolute atomic E-state index is 13.1.